The van der Waals surface area contributed by atoms with Crippen molar-refractivity contribution in [1.29, 1.82) is 0 Å². The van der Waals surface area contributed by atoms with Gasteiger partial charge in [0.15, 0.2) is 0 Å². The molecule has 2 N–H and O–H groups in total. The van der Waals surface area contributed by atoms with Crippen LogP contribution in [0, 0.1) is 0 Å². The monoisotopic (exact) mass is 339 g/mol. The molecule has 4 nitrogen and oxygen atoms in total. The van der Waals surface area contributed by atoms with Gasteiger partial charge in [-0.15, -0.1) is 0 Å². The smallest absolute Gasteiger partial charge is 0.307 e. The molecule has 0 atom stereocenters. The third-order valence-corrected chi connectivity index (χ3v) is 4.18. The first-order valence-corrected chi connectivity index (χ1v) is 8.54. The molecule has 0 saturated carbocycles. The molecule has 1 amide bonds. The maximum atomic E-state index is 12.7. The Labute approximate surface area is 148 Å². The average molecular weight is 339 g/mol. The number of anilines is 1. The lowest BCUT2D eigenvalue weighted by Crippen LogP contribution is -2.16. The highest BCUT2D eigenvalue weighted by Gasteiger charge is 2.16. The molecule has 4 heteroatoms. The number of aliphatic carboxylic acids is 1. The Bertz CT molecular complexity index is 735. The van der Waals surface area contributed by atoms with Crippen molar-refractivity contribution in [2.45, 2.75) is 46.0 Å². The number of carbonyl (C=O) groups is 2. The summed E-state index contributed by atoms with van der Waals surface area (Å²) >= 11 is 0. The van der Waals surface area contributed by atoms with Gasteiger partial charge in [0.05, 0.1) is 6.42 Å². The lowest BCUT2D eigenvalue weighted by molar-refractivity contribution is -0.136. The van der Waals surface area contributed by atoms with Crippen molar-refractivity contribution < 1.29 is 14.7 Å². The Hall–Kier alpha value is -2.62. The van der Waals surface area contributed by atoms with E-state index >= 15 is 0 Å². The van der Waals surface area contributed by atoms with E-state index in [-0.39, 0.29) is 12.3 Å². The molecule has 0 aliphatic heterocycles. The van der Waals surface area contributed by atoms with E-state index in [0.717, 1.165) is 16.8 Å². The quantitative estimate of drug-likeness (QED) is 0.793. The minimum absolute atomic E-state index is 0.0461. The van der Waals surface area contributed by atoms with Crippen LogP contribution >= 0.6 is 0 Å². The second-order valence-electron chi connectivity index (χ2n) is 6.84. The van der Waals surface area contributed by atoms with Crippen molar-refractivity contribution >= 4 is 17.6 Å². The molecule has 0 aromatic heterocycles. The molecule has 0 aliphatic carbocycles. The number of hydrogen-bond donors (Lipinski definition) is 2. The molecule has 2 rings (SSSR count). The van der Waals surface area contributed by atoms with Gasteiger partial charge < -0.3 is 10.4 Å². The van der Waals surface area contributed by atoms with Gasteiger partial charge in [-0.1, -0.05) is 58.0 Å². The van der Waals surface area contributed by atoms with Gasteiger partial charge in [0.2, 0.25) is 0 Å². The number of benzene rings is 2. The predicted molar refractivity (Wildman–Crippen MR) is 100 cm³/mol. The van der Waals surface area contributed by atoms with Gasteiger partial charge in [-0.2, -0.15) is 0 Å². The van der Waals surface area contributed by atoms with E-state index in [1.165, 1.54) is 0 Å². The zero-order valence-corrected chi connectivity index (χ0v) is 15.2. The van der Waals surface area contributed by atoms with Gasteiger partial charge in [-0.05, 0) is 40.7 Å². The summed E-state index contributed by atoms with van der Waals surface area (Å²) in [6.07, 6.45) is -0.0461. The van der Waals surface area contributed by atoms with Gasteiger partial charge >= 0.3 is 5.97 Å². The molecule has 25 heavy (non-hydrogen) atoms. The molecule has 0 aliphatic rings. The molecule has 132 valence electrons. The highest BCUT2D eigenvalue weighted by Crippen LogP contribution is 2.32. The van der Waals surface area contributed by atoms with E-state index in [0.29, 0.717) is 23.0 Å². The van der Waals surface area contributed by atoms with E-state index in [1.807, 2.05) is 18.2 Å². The van der Waals surface area contributed by atoms with Gasteiger partial charge in [0.1, 0.15) is 0 Å². The summed E-state index contributed by atoms with van der Waals surface area (Å²) in [7, 11) is 0. The minimum atomic E-state index is -0.885. The lowest BCUT2D eigenvalue weighted by Gasteiger charge is -2.20. The van der Waals surface area contributed by atoms with E-state index in [9.17, 15) is 9.59 Å². The first-order chi connectivity index (χ1) is 11.8. The van der Waals surface area contributed by atoms with E-state index in [1.54, 1.807) is 24.3 Å². The standard InChI is InChI=1S/C21H25NO3/c1-13(2)17-6-5-7-18(14(3)4)20(17)22-21(25)16-10-8-15(9-11-16)12-19(23)24/h5-11,13-14H,12H2,1-4H3,(H,22,25)(H,23,24). The predicted octanol–water partition coefficient (Wildman–Crippen LogP) is 4.81. The van der Waals surface area contributed by atoms with Crippen molar-refractivity contribution in [3.05, 3.63) is 64.7 Å². The van der Waals surface area contributed by atoms with Crippen LogP contribution in [-0.4, -0.2) is 17.0 Å². The highest BCUT2D eigenvalue weighted by atomic mass is 16.4. The van der Waals surface area contributed by atoms with E-state index in [4.69, 9.17) is 5.11 Å². The molecule has 0 spiro atoms. The zero-order chi connectivity index (χ0) is 18.6. The second kappa shape index (κ2) is 7.97. The van der Waals surface area contributed by atoms with E-state index < -0.39 is 5.97 Å². The largest absolute Gasteiger partial charge is 0.481 e. The van der Waals surface area contributed by atoms with Crippen molar-refractivity contribution in [1.82, 2.24) is 0 Å². The first kappa shape index (κ1) is 18.7. The fraction of sp³-hybridized carbons (Fsp3) is 0.333. The van der Waals surface area contributed by atoms with Crippen LogP contribution < -0.4 is 5.32 Å². The summed E-state index contributed by atoms with van der Waals surface area (Å²) in [5.41, 5.74) is 4.30. The van der Waals surface area contributed by atoms with Crippen LogP contribution in [0.2, 0.25) is 0 Å². The molecule has 2 aromatic rings. The SMILES string of the molecule is CC(C)c1cccc(C(C)C)c1NC(=O)c1ccc(CC(=O)O)cc1. The third kappa shape index (κ3) is 4.69. The average Bonchev–Trinajstić information content (AvgIpc) is 2.54. The number of nitrogens with one attached hydrogen (secondary N) is 1. The topological polar surface area (TPSA) is 66.4 Å². The molecular formula is C21H25NO3. The Balaban J connectivity index is 2.29. The van der Waals surface area contributed by atoms with Crippen LogP contribution in [0.15, 0.2) is 42.5 Å². The molecule has 2 aromatic carbocycles. The fourth-order valence-corrected chi connectivity index (χ4v) is 2.83. The molecule has 0 saturated heterocycles. The number of para-hydroxylation sites is 1. The zero-order valence-electron chi connectivity index (χ0n) is 15.2. The number of amides is 1. The second-order valence-corrected chi connectivity index (χ2v) is 6.84. The summed E-state index contributed by atoms with van der Waals surface area (Å²) in [4.78, 5) is 23.4. The summed E-state index contributed by atoms with van der Waals surface area (Å²) in [6.45, 7) is 8.43. The van der Waals surface area contributed by atoms with Crippen LogP contribution in [0.5, 0.6) is 0 Å². The maximum Gasteiger partial charge on any atom is 0.307 e. The summed E-state index contributed by atoms with van der Waals surface area (Å²) in [6, 6.07) is 12.8. The lowest BCUT2D eigenvalue weighted by atomic mass is 9.92. The molecule has 0 unspecified atom stereocenters. The molecule has 0 radical (unpaired) electrons. The Morgan fingerprint density at radius 1 is 0.920 bits per heavy atom. The first-order valence-electron chi connectivity index (χ1n) is 8.54. The van der Waals surface area contributed by atoms with Crippen molar-refractivity contribution in [2.75, 3.05) is 5.32 Å². The van der Waals surface area contributed by atoms with Crippen LogP contribution in [0.25, 0.3) is 0 Å². The fourth-order valence-electron chi connectivity index (χ4n) is 2.83. The Kier molecular flexibility index (Phi) is 5.97. The molecule has 0 heterocycles. The maximum absolute atomic E-state index is 12.7. The van der Waals surface area contributed by atoms with Gasteiger partial charge in [0.25, 0.3) is 5.91 Å². The number of carboxylic acid groups (broad SMARTS) is 1. The minimum Gasteiger partial charge on any atom is -0.481 e. The van der Waals surface area contributed by atoms with Crippen LogP contribution in [-0.2, 0) is 11.2 Å². The molecular weight excluding hydrogens is 314 g/mol. The number of carbonyl (C=O) groups excluding carboxylic acids is 1. The number of hydrogen-bond acceptors (Lipinski definition) is 2. The van der Waals surface area contributed by atoms with Gasteiger partial charge in [-0.3, -0.25) is 9.59 Å². The number of rotatable bonds is 6. The Morgan fingerprint density at radius 2 is 1.44 bits per heavy atom. The van der Waals surface area contributed by atoms with Gasteiger partial charge in [-0.25, -0.2) is 0 Å². The van der Waals surface area contributed by atoms with Gasteiger partial charge in [0, 0.05) is 11.3 Å². The molecule has 0 bridgehead atoms. The highest BCUT2D eigenvalue weighted by molar-refractivity contribution is 6.05. The number of carboxylic acids is 1. The van der Waals surface area contributed by atoms with Crippen LogP contribution in [0.4, 0.5) is 5.69 Å². The summed E-state index contributed by atoms with van der Waals surface area (Å²) in [5.74, 6) is -0.472. The van der Waals surface area contributed by atoms with Crippen molar-refractivity contribution in [2.24, 2.45) is 0 Å². The third-order valence-electron chi connectivity index (χ3n) is 4.18. The van der Waals surface area contributed by atoms with Crippen molar-refractivity contribution in [3.63, 3.8) is 0 Å². The summed E-state index contributed by atoms with van der Waals surface area (Å²) in [5, 5.41) is 11.9. The van der Waals surface area contributed by atoms with Crippen molar-refractivity contribution in [3.8, 4) is 0 Å². The van der Waals surface area contributed by atoms with E-state index in [2.05, 4.69) is 33.0 Å². The summed E-state index contributed by atoms with van der Waals surface area (Å²) < 4.78 is 0. The van der Waals surface area contributed by atoms with Crippen LogP contribution in [0.1, 0.15) is 66.6 Å². The molecule has 0 fully saturated rings. The normalized spacial score (nSPS) is 11.0. The van der Waals surface area contributed by atoms with Crippen LogP contribution in [0.3, 0.4) is 0 Å². The Morgan fingerprint density at radius 3 is 1.88 bits per heavy atom.